The molecule has 21 heavy (non-hydrogen) atoms. The minimum Gasteiger partial charge on any atom is -1.00 e. The van der Waals surface area contributed by atoms with Crippen molar-refractivity contribution >= 4 is 0 Å². The lowest BCUT2D eigenvalue weighted by molar-refractivity contribution is -0.886. The maximum absolute atomic E-state index is 2.35. The Labute approximate surface area is 141 Å². The Hall–Kier alpha value is 0.250. The van der Waals surface area contributed by atoms with E-state index in [0.29, 0.717) is 0 Å². The summed E-state index contributed by atoms with van der Waals surface area (Å²) in [6, 6.07) is 0.910. The fourth-order valence-electron chi connectivity index (χ4n) is 3.06. The van der Waals surface area contributed by atoms with Crippen LogP contribution in [-0.2, 0) is 0 Å². The van der Waals surface area contributed by atoms with E-state index >= 15 is 0 Å². The second kappa shape index (κ2) is 18.3. The van der Waals surface area contributed by atoms with Gasteiger partial charge in [-0.25, -0.2) is 0 Å². The van der Waals surface area contributed by atoms with Gasteiger partial charge in [0.1, 0.15) is 0 Å². The van der Waals surface area contributed by atoms with Crippen LogP contribution in [0.15, 0.2) is 0 Å². The minimum absolute atomic E-state index is 0. The molecule has 0 aromatic rings. The highest BCUT2D eigenvalue weighted by Crippen LogP contribution is 2.12. The van der Waals surface area contributed by atoms with Crippen LogP contribution >= 0.6 is 0 Å². The molecular weight excluding hydrogens is 278 g/mol. The Kier molecular flexibility index (Phi) is 20.5. The van der Waals surface area contributed by atoms with Gasteiger partial charge >= 0.3 is 0 Å². The van der Waals surface area contributed by atoms with Crippen molar-refractivity contribution in [1.29, 1.82) is 0 Å². The fourth-order valence-corrected chi connectivity index (χ4v) is 3.06. The van der Waals surface area contributed by atoms with Crippen LogP contribution in [0.5, 0.6) is 0 Å². The normalized spacial score (nSPS) is 11.1. The molecule has 0 spiro atoms. The first-order valence-electron chi connectivity index (χ1n) is 9.52. The fraction of sp³-hybridized carbons (Fsp3) is 1.00. The zero-order valence-electron chi connectivity index (χ0n) is 15.4. The summed E-state index contributed by atoms with van der Waals surface area (Å²) in [7, 11) is 4.69. The maximum Gasteiger partial charge on any atom is 0.0870 e. The molecule has 0 bridgehead atoms. The first-order valence-corrected chi connectivity index (χ1v) is 9.52. The number of rotatable bonds is 15. The molecule has 0 rings (SSSR count). The standard InChI is InChI=1S/C19H41N.ClH/c1-5-7-9-11-13-15-17-19(20(3)4)18-16-14-12-10-8-6-2;/h19H,5-18H2,1-4H3;1H. The van der Waals surface area contributed by atoms with E-state index in [1.54, 1.807) is 4.90 Å². The predicted octanol–water partition coefficient (Wildman–Crippen LogP) is 2.00. The predicted molar refractivity (Wildman–Crippen MR) is 92.6 cm³/mol. The lowest BCUT2D eigenvalue weighted by Crippen LogP contribution is -3.10. The molecule has 0 aliphatic rings. The monoisotopic (exact) mass is 319 g/mol. The van der Waals surface area contributed by atoms with Crippen LogP contribution in [-0.4, -0.2) is 20.1 Å². The van der Waals surface area contributed by atoms with E-state index in [1.807, 2.05) is 0 Å². The van der Waals surface area contributed by atoms with E-state index in [-0.39, 0.29) is 12.4 Å². The van der Waals surface area contributed by atoms with Crippen molar-refractivity contribution in [1.82, 2.24) is 0 Å². The molecule has 0 saturated heterocycles. The van der Waals surface area contributed by atoms with E-state index in [0.717, 1.165) is 6.04 Å². The molecule has 0 saturated carbocycles. The SMILES string of the molecule is CCCCCCCCC(CCCCCCCC)[NH+](C)C.[Cl-]. The van der Waals surface area contributed by atoms with E-state index < -0.39 is 0 Å². The van der Waals surface area contributed by atoms with Gasteiger partial charge in [-0.2, -0.15) is 0 Å². The number of hydrogen-bond acceptors (Lipinski definition) is 0. The molecule has 0 aromatic heterocycles. The van der Waals surface area contributed by atoms with Gasteiger partial charge in [0.05, 0.1) is 20.1 Å². The van der Waals surface area contributed by atoms with Crippen LogP contribution in [0.4, 0.5) is 0 Å². The molecule has 2 heteroatoms. The van der Waals surface area contributed by atoms with E-state index in [9.17, 15) is 0 Å². The number of halogens is 1. The quantitative estimate of drug-likeness (QED) is 0.440. The summed E-state index contributed by atoms with van der Waals surface area (Å²) in [6.07, 6.45) is 20.1. The van der Waals surface area contributed by atoms with Crippen LogP contribution in [0, 0.1) is 0 Å². The third kappa shape index (κ3) is 16.4. The Bertz CT molecular complexity index is 166. The van der Waals surface area contributed by atoms with Crippen molar-refractivity contribution in [2.75, 3.05) is 14.1 Å². The van der Waals surface area contributed by atoms with Crippen LogP contribution in [0.3, 0.4) is 0 Å². The summed E-state index contributed by atoms with van der Waals surface area (Å²) < 4.78 is 0. The van der Waals surface area contributed by atoms with Crippen LogP contribution in [0.1, 0.15) is 104 Å². The minimum atomic E-state index is 0. The maximum atomic E-state index is 2.35. The van der Waals surface area contributed by atoms with E-state index in [1.165, 1.54) is 89.9 Å². The topological polar surface area (TPSA) is 4.44 Å². The Balaban J connectivity index is 0. The van der Waals surface area contributed by atoms with Crippen LogP contribution in [0.25, 0.3) is 0 Å². The van der Waals surface area contributed by atoms with Crippen molar-refractivity contribution in [3.05, 3.63) is 0 Å². The lowest BCUT2D eigenvalue weighted by Gasteiger charge is -2.21. The molecule has 0 aliphatic heterocycles. The summed E-state index contributed by atoms with van der Waals surface area (Å²) in [5.74, 6) is 0. The Morgan fingerprint density at radius 2 is 0.905 bits per heavy atom. The zero-order chi connectivity index (χ0) is 15.1. The van der Waals surface area contributed by atoms with Gasteiger partial charge in [-0.05, 0) is 25.7 Å². The molecule has 1 N–H and O–H groups in total. The lowest BCUT2D eigenvalue weighted by atomic mass is 9.99. The molecule has 0 heterocycles. The summed E-state index contributed by atoms with van der Waals surface area (Å²) >= 11 is 0. The van der Waals surface area contributed by atoms with Crippen LogP contribution < -0.4 is 17.3 Å². The van der Waals surface area contributed by atoms with Gasteiger partial charge in [-0.3, -0.25) is 0 Å². The molecule has 130 valence electrons. The van der Waals surface area contributed by atoms with E-state index in [4.69, 9.17) is 0 Å². The largest absolute Gasteiger partial charge is 1.00 e. The van der Waals surface area contributed by atoms with E-state index in [2.05, 4.69) is 27.9 Å². The second-order valence-corrected chi connectivity index (χ2v) is 6.89. The highest BCUT2D eigenvalue weighted by Gasteiger charge is 2.13. The number of nitrogens with one attached hydrogen (secondary N) is 1. The number of quaternary nitrogens is 1. The van der Waals surface area contributed by atoms with Crippen molar-refractivity contribution < 1.29 is 17.3 Å². The summed E-state index contributed by atoms with van der Waals surface area (Å²) in [6.45, 7) is 4.60. The van der Waals surface area contributed by atoms with Crippen molar-refractivity contribution in [2.45, 2.75) is 110 Å². The van der Waals surface area contributed by atoms with Gasteiger partial charge < -0.3 is 17.3 Å². The molecular formula is C19H42ClN. The van der Waals surface area contributed by atoms with Gasteiger partial charge in [-0.15, -0.1) is 0 Å². The number of unbranched alkanes of at least 4 members (excludes halogenated alkanes) is 10. The summed E-state index contributed by atoms with van der Waals surface area (Å²) in [4.78, 5) is 1.67. The highest BCUT2D eigenvalue weighted by atomic mass is 35.5. The van der Waals surface area contributed by atoms with Crippen molar-refractivity contribution in [3.63, 3.8) is 0 Å². The second-order valence-electron chi connectivity index (χ2n) is 6.89. The van der Waals surface area contributed by atoms with Gasteiger partial charge in [0.15, 0.2) is 0 Å². The summed E-state index contributed by atoms with van der Waals surface area (Å²) in [5.41, 5.74) is 0. The zero-order valence-corrected chi connectivity index (χ0v) is 16.1. The Morgan fingerprint density at radius 3 is 1.24 bits per heavy atom. The van der Waals surface area contributed by atoms with Crippen molar-refractivity contribution in [2.24, 2.45) is 0 Å². The van der Waals surface area contributed by atoms with Gasteiger partial charge in [-0.1, -0.05) is 78.1 Å². The van der Waals surface area contributed by atoms with Gasteiger partial charge in [0.2, 0.25) is 0 Å². The molecule has 0 aromatic carbocycles. The molecule has 0 unspecified atom stereocenters. The molecule has 0 aliphatic carbocycles. The average Bonchev–Trinajstić information content (AvgIpc) is 2.43. The van der Waals surface area contributed by atoms with Crippen LogP contribution in [0.2, 0.25) is 0 Å². The smallest absolute Gasteiger partial charge is 0.0870 e. The highest BCUT2D eigenvalue weighted by molar-refractivity contribution is 4.58. The number of hydrogen-bond donors (Lipinski definition) is 1. The van der Waals surface area contributed by atoms with Crippen molar-refractivity contribution in [3.8, 4) is 0 Å². The molecule has 0 fully saturated rings. The molecule has 1 nitrogen and oxygen atoms in total. The average molecular weight is 320 g/mol. The first kappa shape index (κ1) is 23.5. The molecule has 0 radical (unpaired) electrons. The summed E-state index contributed by atoms with van der Waals surface area (Å²) in [5, 5.41) is 0. The third-order valence-electron chi connectivity index (χ3n) is 4.63. The molecule has 0 amide bonds. The molecule has 0 atom stereocenters. The first-order chi connectivity index (χ1) is 9.72. The van der Waals surface area contributed by atoms with Gasteiger partial charge in [0, 0.05) is 0 Å². The Morgan fingerprint density at radius 1 is 0.571 bits per heavy atom. The third-order valence-corrected chi connectivity index (χ3v) is 4.63. The van der Waals surface area contributed by atoms with Gasteiger partial charge in [0.25, 0.3) is 0 Å².